The van der Waals surface area contributed by atoms with E-state index in [1.165, 1.54) is 0 Å². The Labute approximate surface area is 161 Å². The van der Waals surface area contributed by atoms with Gasteiger partial charge in [0, 0.05) is 30.0 Å². The van der Waals surface area contributed by atoms with Crippen molar-refractivity contribution in [1.82, 2.24) is 34.4 Å². The molecule has 9 nitrogen and oxygen atoms in total. The molecule has 0 saturated heterocycles. The summed E-state index contributed by atoms with van der Waals surface area (Å²) >= 11 is 0. The molecule has 0 unspecified atom stereocenters. The first-order chi connectivity index (χ1) is 13.5. The minimum absolute atomic E-state index is 0.0454. The van der Waals surface area contributed by atoms with Gasteiger partial charge < -0.3 is 15.6 Å². The maximum absolute atomic E-state index is 12.4. The molecule has 3 aromatic heterocycles. The van der Waals surface area contributed by atoms with Crippen LogP contribution < -0.4 is 11.1 Å². The fourth-order valence-electron chi connectivity index (χ4n) is 3.37. The summed E-state index contributed by atoms with van der Waals surface area (Å²) in [4.78, 5) is 25.2. The first-order valence-corrected chi connectivity index (χ1v) is 9.18. The molecular formula is C19H22N8O. The summed E-state index contributed by atoms with van der Waals surface area (Å²) < 4.78 is 3.68. The number of imidazole rings is 1. The first kappa shape index (κ1) is 17.9. The molecule has 0 radical (unpaired) electrons. The minimum Gasteiger partial charge on any atom is -0.366 e. The van der Waals surface area contributed by atoms with Gasteiger partial charge in [-0.25, -0.2) is 9.97 Å². The minimum atomic E-state index is -0.0454. The van der Waals surface area contributed by atoms with Gasteiger partial charge in [-0.3, -0.25) is 4.79 Å². The van der Waals surface area contributed by atoms with Crippen LogP contribution in [0.5, 0.6) is 0 Å². The molecule has 4 rings (SSSR count). The Morgan fingerprint density at radius 3 is 2.89 bits per heavy atom. The van der Waals surface area contributed by atoms with Crippen LogP contribution >= 0.6 is 0 Å². The number of nitrogen functional groups attached to an aromatic ring is 1. The summed E-state index contributed by atoms with van der Waals surface area (Å²) in [5, 5.41) is 7.11. The predicted octanol–water partition coefficient (Wildman–Crippen LogP) is 1.42. The van der Waals surface area contributed by atoms with Crippen LogP contribution in [-0.2, 0) is 17.8 Å². The number of benzene rings is 1. The van der Waals surface area contributed by atoms with Crippen LogP contribution in [0, 0.1) is 13.8 Å². The molecule has 0 fully saturated rings. The summed E-state index contributed by atoms with van der Waals surface area (Å²) in [5.74, 6) is 0.573. The van der Waals surface area contributed by atoms with E-state index in [1.54, 1.807) is 4.52 Å². The van der Waals surface area contributed by atoms with Gasteiger partial charge in [-0.2, -0.15) is 9.50 Å². The van der Waals surface area contributed by atoms with Crippen molar-refractivity contribution in [3.8, 4) is 0 Å². The van der Waals surface area contributed by atoms with Gasteiger partial charge >= 0.3 is 0 Å². The van der Waals surface area contributed by atoms with Crippen LogP contribution in [-0.4, -0.2) is 41.6 Å². The van der Waals surface area contributed by atoms with Gasteiger partial charge in [0.05, 0.1) is 23.8 Å². The maximum Gasteiger partial charge on any atom is 0.254 e. The largest absolute Gasteiger partial charge is 0.366 e. The average molecular weight is 378 g/mol. The molecule has 1 amide bonds. The third-order valence-electron chi connectivity index (χ3n) is 4.83. The summed E-state index contributed by atoms with van der Waals surface area (Å²) in [6, 6.07) is 8.02. The van der Waals surface area contributed by atoms with E-state index in [1.807, 2.05) is 44.4 Å². The summed E-state index contributed by atoms with van der Waals surface area (Å²) in [7, 11) is 0. The predicted molar refractivity (Wildman–Crippen MR) is 106 cm³/mol. The highest BCUT2D eigenvalue weighted by molar-refractivity contribution is 5.79. The Balaban J connectivity index is 1.35. The van der Waals surface area contributed by atoms with E-state index >= 15 is 0 Å². The second-order valence-corrected chi connectivity index (χ2v) is 6.75. The molecule has 3 heterocycles. The normalized spacial score (nSPS) is 11.4. The van der Waals surface area contributed by atoms with Crippen molar-refractivity contribution in [2.75, 3.05) is 12.3 Å². The zero-order valence-corrected chi connectivity index (χ0v) is 15.9. The number of anilines is 1. The van der Waals surface area contributed by atoms with E-state index in [4.69, 9.17) is 5.73 Å². The number of fused-ring (bicyclic) bond motifs is 2. The van der Waals surface area contributed by atoms with E-state index in [9.17, 15) is 4.79 Å². The molecule has 28 heavy (non-hydrogen) atoms. The van der Waals surface area contributed by atoms with Gasteiger partial charge in [0.1, 0.15) is 0 Å². The van der Waals surface area contributed by atoms with Gasteiger partial charge in [0.25, 0.3) is 5.78 Å². The van der Waals surface area contributed by atoms with Gasteiger partial charge in [-0.1, -0.05) is 12.1 Å². The Morgan fingerprint density at radius 2 is 2.04 bits per heavy atom. The maximum atomic E-state index is 12.4. The van der Waals surface area contributed by atoms with E-state index in [-0.39, 0.29) is 18.3 Å². The molecule has 0 aliphatic rings. The zero-order valence-electron chi connectivity index (χ0n) is 15.9. The first-order valence-electron chi connectivity index (χ1n) is 9.18. The van der Waals surface area contributed by atoms with Crippen LogP contribution in [0.25, 0.3) is 16.8 Å². The molecular weight excluding hydrogens is 356 g/mol. The highest BCUT2D eigenvalue weighted by Crippen LogP contribution is 2.15. The standard InChI is InChI=1S/C19H22N8O/c1-12-14(13(2)27-19(23-12)24-18(20)25-27)10-17(28)21-8-5-9-26-11-22-15-6-3-4-7-16(15)26/h3-4,6-7,11H,5,8-10H2,1-2H3,(H2,20,25)(H,21,28). The second kappa shape index (κ2) is 7.26. The number of nitrogens with two attached hydrogens (primary N) is 1. The lowest BCUT2D eigenvalue weighted by atomic mass is 10.1. The summed E-state index contributed by atoms with van der Waals surface area (Å²) in [5.41, 5.74) is 10.2. The number of rotatable bonds is 6. The number of aromatic nitrogens is 6. The third-order valence-corrected chi connectivity index (χ3v) is 4.83. The third kappa shape index (κ3) is 3.38. The quantitative estimate of drug-likeness (QED) is 0.490. The fourth-order valence-corrected chi connectivity index (χ4v) is 3.37. The molecule has 4 aromatic rings. The molecule has 144 valence electrons. The molecule has 0 atom stereocenters. The van der Waals surface area contributed by atoms with E-state index < -0.39 is 0 Å². The molecule has 9 heteroatoms. The van der Waals surface area contributed by atoms with Crippen LogP contribution in [0.4, 0.5) is 5.95 Å². The molecule has 0 saturated carbocycles. The molecule has 0 bridgehead atoms. The lowest BCUT2D eigenvalue weighted by Gasteiger charge is -2.11. The van der Waals surface area contributed by atoms with Crippen molar-refractivity contribution in [1.29, 1.82) is 0 Å². The molecule has 0 aliphatic carbocycles. The number of hydrogen-bond donors (Lipinski definition) is 2. The van der Waals surface area contributed by atoms with Crippen molar-refractivity contribution in [3.05, 3.63) is 47.5 Å². The number of para-hydroxylation sites is 2. The number of hydrogen-bond acceptors (Lipinski definition) is 6. The van der Waals surface area contributed by atoms with Crippen LogP contribution in [0.1, 0.15) is 23.4 Å². The SMILES string of the molecule is Cc1nc2nc(N)nn2c(C)c1CC(=O)NCCCn1cnc2ccccc21. The van der Waals surface area contributed by atoms with Gasteiger partial charge in [-0.05, 0) is 32.4 Å². The summed E-state index contributed by atoms with van der Waals surface area (Å²) in [6.07, 6.45) is 2.90. The number of nitrogens with zero attached hydrogens (tertiary/aromatic N) is 6. The van der Waals surface area contributed by atoms with Crippen molar-refractivity contribution in [3.63, 3.8) is 0 Å². The van der Waals surface area contributed by atoms with Crippen LogP contribution in [0.3, 0.4) is 0 Å². The molecule has 3 N–H and O–H groups in total. The van der Waals surface area contributed by atoms with Crippen molar-refractivity contribution in [2.24, 2.45) is 0 Å². The number of carbonyl (C=O) groups excluding carboxylic acids is 1. The smallest absolute Gasteiger partial charge is 0.254 e. The van der Waals surface area contributed by atoms with Crippen LogP contribution in [0.15, 0.2) is 30.6 Å². The Bertz CT molecular complexity index is 1160. The lowest BCUT2D eigenvalue weighted by Crippen LogP contribution is -2.27. The fraction of sp³-hybridized carbons (Fsp3) is 0.316. The lowest BCUT2D eigenvalue weighted by molar-refractivity contribution is -0.120. The van der Waals surface area contributed by atoms with Crippen molar-refractivity contribution in [2.45, 2.75) is 33.2 Å². The van der Waals surface area contributed by atoms with Gasteiger partial charge in [-0.15, -0.1) is 5.10 Å². The van der Waals surface area contributed by atoms with E-state index in [0.29, 0.717) is 12.3 Å². The number of nitrogens with one attached hydrogen (secondary N) is 1. The van der Waals surface area contributed by atoms with E-state index in [2.05, 4.69) is 29.9 Å². The van der Waals surface area contributed by atoms with Crippen molar-refractivity contribution < 1.29 is 4.79 Å². The van der Waals surface area contributed by atoms with Crippen LogP contribution in [0.2, 0.25) is 0 Å². The number of amides is 1. The number of carbonyl (C=O) groups is 1. The molecule has 0 spiro atoms. The average Bonchev–Trinajstić information content (AvgIpc) is 3.25. The van der Waals surface area contributed by atoms with Gasteiger partial charge in [0.15, 0.2) is 0 Å². The molecule has 0 aliphatic heterocycles. The topological polar surface area (TPSA) is 116 Å². The summed E-state index contributed by atoms with van der Waals surface area (Å²) in [6.45, 7) is 5.15. The zero-order chi connectivity index (χ0) is 19.7. The highest BCUT2D eigenvalue weighted by atomic mass is 16.1. The monoisotopic (exact) mass is 378 g/mol. The second-order valence-electron chi connectivity index (χ2n) is 6.75. The Morgan fingerprint density at radius 1 is 1.21 bits per heavy atom. The van der Waals surface area contributed by atoms with Crippen molar-refractivity contribution >= 4 is 28.7 Å². The molecule has 1 aromatic carbocycles. The number of aryl methyl sites for hydroxylation is 3. The highest BCUT2D eigenvalue weighted by Gasteiger charge is 2.15. The Kier molecular flexibility index (Phi) is 4.64. The Hall–Kier alpha value is -3.49. The van der Waals surface area contributed by atoms with Gasteiger partial charge in [0.2, 0.25) is 11.9 Å². The van der Waals surface area contributed by atoms with E-state index in [0.717, 1.165) is 41.0 Å².